The summed E-state index contributed by atoms with van der Waals surface area (Å²) in [6.45, 7) is 12.6. The molecular formula is C35H45ClN2O3. The minimum Gasteiger partial charge on any atom is -0.493 e. The first kappa shape index (κ1) is 29.9. The third-order valence-electron chi connectivity index (χ3n) is 8.85. The number of halogens is 1. The Morgan fingerprint density at radius 3 is 2.46 bits per heavy atom. The van der Waals surface area contributed by atoms with Crippen molar-refractivity contribution in [2.75, 3.05) is 32.8 Å². The van der Waals surface area contributed by atoms with E-state index in [0.29, 0.717) is 24.3 Å². The van der Waals surface area contributed by atoms with Crippen molar-refractivity contribution in [2.45, 2.75) is 78.2 Å². The second-order valence-electron chi connectivity index (χ2n) is 11.8. The van der Waals surface area contributed by atoms with Crippen LogP contribution >= 0.6 is 11.6 Å². The summed E-state index contributed by atoms with van der Waals surface area (Å²) in [4.78, 5) is 4.86. The van der Waals surface area contributed by atoms with Crippen LogP contribution in [-0.2, 0) is 13.2 Å². The van der Waals surface area contributed by atoms with Gasteiger partial charge in [0, 0.05) is 32.2 Å². The van der Waals surface area contributed by atoms with Crippen LogP contribution in [0.5, 0.6) is 11.5 Å². The number of ether oxygens (including phenoxy) is 2. The Kier molecular flexibility index (Phi) is 10.3. The molecule has 5 nitrogen and oxygen atoms in total. The minimum atomic E-state index is -0.171. The van der Waals surface area contributed by atoms with E-state index >= 15 is 0 Å². The third kappa shape index (κ3) is 7.64. The zero-order chi connectivity index (χ0) is 28.8. The standard InChI is InChI=1S/C35H45ClN2O3/c1-25-9-4-5-18-38(25)22-28-14-15-35(33(36)21-28)41-24-29-10-6-11-31(26(29)2)32-12-7-13-34(27(32)3)40-20-8-17-37-19-16-30(39)23-37/h6-7,10-15,21,25,30,39H,4-5,8-9,16-20,22-24H2,1-3H3/t25-,30-/m1/s1. The molecule has 0 aliphatic carbocycles. The van der Waals surface area contributed by atoms with E-state index in [4.69, 9.17) is 21.1 Å². The lowest BCUT2D eigenvalue weighted by molar-refractivity contribution is 0.152. The summed E-state index contributed by atoms with van der Waals surface area (Å²) in [5, 5.41) is 10.4. The van der Waals surface area contributed by atoms with E-state index in [2.05, 4.69) is 79.1 Å². The number of nitrogens with zero attached hydrogens (tertiary/aromatic N) is 2. The Morgan fingerprint density at radius 2 is 1.71 bits per heavy atom. The van der Waals surface area contributed by atoms with Gasteiger partial charge in [0.1, 0.15) is 18.1 Å². The molecule has 0 spiro atoms. The number of β-amino-alcohol motifs (C(OH)–C–C–N with tert-alkyl or cyclic N) is 1. The van der Waals surface area contributed by atoms with Crippen LogP contribution in [0.25, 0.3) is 11.1 Å². The lowest BCUT2D eigenvalue weighted by atomic mass is 9.93. The maximum atomic E-state index is 9.73. The Hall–Kier alpha value is -2.57. The Morgan fingerprint density at radius 1 is 0.902 bits per heavy atom. The normalized spacial score (nSPS) is 19.9. The highest BCUT2D eigenvalue weighted by Gasteiger charge is 2.20. The second kappa shape index (κ2) is 14.1. The van der Waals surface area contributed by atoms with Crippen molar-refractivity contribution >= 4 is 11.6 Å². The largest absolute Gasteiger partial charge is 0.493 e. The highest BCUT2D eigenvalue weighted by atomic mass is 35.5. The summed E-state index contributed by atoms with van der Waals surface area (Å²) in [5.41, 5.74) is 7.10. The van der Waals surface area contributed by atoms with Gasteiger partial charge in [0.25, 0.3) is 0 Å². The highest BCUT2D eigenvalue weighted by molar-refractivity contribution is 6.32. The molecule has 220 valence electrons. The zero-order valence-electron chi connectivity index (χ0n) is 24.9. The molecule has 2 aliphatic heterocycles. The van der Waals surface area contributed by atoms with Gasteiger partial charge < -0.3 is 19.5 Å². The summed E-state index contributed by atoms with van der Waals surface area (Å²) in [6.07, 6.45) is 5.54. The first-order valence-corrected chi connectivity index (χ1v) is 15.6. The van der Waals surface area contributed by atoms with Gasteiger partial charge in [-0.3, -0.25) is 4.90 Å². The topological polar surface area (TPSA) is 45.2 Å². The van der Waals surface area contributed by atoms with Crippen molar-refractivity contribution in [1.82, 2.24) is 9.80 Å². The summed E-state index contributed by atoms with van der Waals surface area (Å²) in [6, 6.07) is 19.5. The zero-order valence-corrected chi connectivity index (χ0v) is 25.6. The molecule has 3 aromatic carbocycles. The van der Waals surface area contributed by atoms with Gasteiger partial charge in [-0.2, -0.15) is 0 Å². The van der Waals surface area contributed by atoms with Crippen LogP contribution in [0.3, 0.4) is 0 Å². The van der Waals surface area contributed by atoms with Gasteiger partial charge in [-0.25, -0.2) is 0 Å². The van der Waals surface area contributed by atoms with E-state index in [0.717, 1.165) is 68.2 Å². The molecular weight excluding hydrogens is 532 g/mol. The number of benzene rings is 3. The molecule has 2 atom stereocenters. The molecule has 2 saturated heterocycles. The molecule has 2 aliphatic rings. The van der Waals surface area contributed by atoms with E-state index in [1.165, 1.54) is 41.5 Å². The fourth-order valence-corrected chi connectivity index (χ4v) is 6.48. The van der Waals surface area contributed by atoms with Crippen molar-refractivity contribution in [1.29, 1.82) is 0 Å². The average Bonchev–Trinajstić information content (AvgIpc) is 3.38. The van der Waals surface area contributed by atoms with Gasteiger partial charge in [-0.1, -0.05) is 54.4 Å². The van der Waals surface area contributed by atoms with E-state index in [9.17, 15) is 5.11 Å². The summed E-state index contributed by atoms with van der Waals surface area (Å²) in [7, 11) is 0. The van der Waals surface area contributed by atoms with Crippen LogP contribution in [0.15, 0.2) is 54.6 Å². The maximum absolute atomic E-state index is 9.73. The molecule has 0 saturated carbocycles. The molecule has 6 heteroatoms. The maximum Gasteiger partial charge on any atom is 0.138 e. The monoisotopic (exact) mass is 576 g/mol. The van der Waals surface area contributed by atoms with Crippen molar-refractivity contribution in [2.24, 2.45) is 0 Å². The van der Waals surface area contributed by atoms with Gasteiger partial charge in [-0.05, 0) is 105 Å². The van der Waals surface area contributed by atoms with Crippen molar-refractivity contribution in [3.63, 3.8) is 0 Å². The lowest BCUT2D eigenvalue weighted by Crippen LogP contribution is -2.36. The number of rotatable bonds is 11. The molecule has 1 N–H and O–H groups in total. The molecule has 5 rings (SSSR count). The number of likely N-dealkylation sites (tertiary alicyclic amines) is 2. The van der Waals surface area contributed by atoms with E-state index in [1.807, 2.05) is 6.07 Å². The first-order chi connectivity index (χ1) is 19.9. The second-order valence-corrected chi connectivity index (χ2v) is 12.2. The quantitative estimate of drug-likeness (QED) is 0.241. The summed E-state index contributed by atoms with van der Waals surface area (Å²) >= 11 is 6.68. The third-order valence-corrected chi connectivity index (χ3v) is 9.15. The van der Waals surface area contributed by atoms with E-state index in [1.54, 1.807) is 0 Å². The van der Waals surface area contributed by atoms with Crippen LogP contribution in [0.1, 0.15) is 61.3 Å². The van der Waals surface area contributed by atoms with Crippen LogP contribution < -0.4 is 9.47 Å². The van der Waals surface area contributed by atoms with Gasteiger partial charge >= 0.3 is 0 Å². The number of hydrogen-bond donors (Lipinski definition) is 1. The molecule has 0 radical (unpaired) electrons. The predicted octanol–water partition coefficient (Wildman–Crippen LogP) is 7.41. The Balaban J connectivity index is 1.21. The molecule has 3 aromatic rings. The number of aliphatic hydroxyl groups excluding tert-OH is 1. The molecule has 41 heavy (non-hydrogen) atoms. The summed E-state index contributed by atoms with van der Waals surface area (Å²) in [5.74, 6) is 1.65. The predicted molar refractivity (Wildman–Crippen MR) is 168 cm³/mol. The van der Waals surface area contributed by atoms with Gasteiger partial charge in [0.05, 0.1) is 17.7 Å². The number of aliphatic hydroxyl groups is 1. The van der Waals surface area contributed by atoms with Crippen LogP contribution in [0.4, 0.5) is 0 Å². The molecule has 2 fully saturated rings. The molecule has 2 heterocycles. The fourth-order valence-electron chi connectivity index (χ4n) is 6.22. The molecule has 0 aromatic heterocycles. The molecule has 0 bridgehead atoms. The number of piperidine rings is 1. The van der Waals surface area contributed by atoms with Gasteiger partial charge in [0.2, 0.25) is 0 Å². The van der Waals surface area contributed by atoms with E-state index < -0.39 is 0 Å². The van der Waals surface area contributed by atoms with Crippen LogP contribution in [-0.4, -0.2) is 59.8 Å². The SMILES string of the molecule is Cc1c(COc2ccc(CN3CCCC[C@H]3C)cc2Cl)cccc1-c1cccc(OCCCN2CC[C@@H](O)C2)c1C. The van der Waals surface area contributed by atoms with Crippen LogP contribution in [0.2, 0.25) is 5.02 Å². The fraction of sp³-hybridized carbons (Fsp3) is 0.486. The Bertz CT molecular complexity index is 1310. The Labute approximate surface area is 251 Å². The van der Waals surface area contributed by atoms with Crippen molar-refractivity contribution < 1.29 is 14.6 Å². The van der Waals surface area contributed by atoms with Crippen molar-refractivity contribution in [3.05, 3.63) is 81.9 Å². The molecule has 0 unspecified atom stereocenters. The smallest absolute Gasteiger partial charge is 0.138 e. The van der Waals surface area contributed by atoms with E-state index in [-0.39, 0.29) is 6.10 Å². The van der Waals surface area contributed by atoms with Gasteiger partial charge in [-0.15, -0.1) is 0 Å². The number of hydrogen-bond acceptors (Lipinski definition) is 5. The summed E-state index contributed by atoms with van der Waals surface area (Å²) < 4.78 is 12.4. The van der Waals surface area contributed by atoms with Crippen LogP contribution in [0, 0.1) is 13.8 Å². The molecule has 0 amide bonds. The van der Waals surface area contributed by atoms with Crippen molar-refractivity contribution in [3.8, 4) is 22.6 Å². The first-order valence-electron chi connectivity index (χ1n) is 15.3. The van der Waals surface area contributed by atoms with Gasteiger partial charge in [0.15, 0.2) is 0 Å². The minimum absolute atomic E-state index is 0.171. The lowest BCUT2D eigenvalue weighted by Gasteiger charge is -2.33. The highest BCUT2D eigenvalue weighted by Crippen LogP contribution is 2.34. The average molecular weight is 577 g/mol.